The molecule has 1 N–H and O–H groups in total. The Morgan fingerprint density at radius 2 is 1.92 bits per heavy atom. The molecule has 1 aliphatic rings. The minimum Gasteiger partial charge on any atom is -0.445 e. The maximum absolute atomic E-state index is 12.1. The van der Waals surface area contributed by atoms with Crippen LogP contribution in [0, 0.1) is 5.82 Å². The van der Waals surface area contributed by atoms with Crippen molar-refractivity contribution in [3.63, 3.8) is 0 Å². The quantitative estimate of drug-likeness (QED) is 0.864. The second-order valence-electron chi connectivity index (χ2n) is 5.36. The molecule has 0 bridgehead atoms. The van der Waals surface area contributed by atoms with E-state index in [4.69, 9.17) is 4.74 Å². The highest BCUT2D eigenvalue weighted by Crippen LogP contribution is 2.10. The molecule has 0 atom stereocenters. The Balaban J connectivity index is 0.000000196. The first-order valence-corrected chi connectivity index (χ1v) is 7.96. The van der Waals surface area contributed by atoms with Crippen LogP contribution >= 0.6 is 0 Å². The van der Waals surface area contributed by atoms with Gasteiger partial charge in [0.05, 0.1) is 6.20 Å². The average Bonchev–Trinajstić information content (AvgIpc) is 3.18. The molecule has 1 saturated heterocycles. The summed E-state index contributed by atoms with van der Waals surface area (Å²) in [6.07, 6.45) is 3.53. The topological polar surface area (TPSA) is 71.5 Å². The van der Waals surface area contributed by atoms with Gasteiger partial charge in [0.2, 0.25) is 6.41 Å². The number of hydrogen-bond donors (Lipinski definition) is 1. The van der Waals surface area contributed by atoms with Gasteiger partial charge < -0.3 is 15.0 Å². The molecule has 7 heteroatoms. The first kappa shape index (κ1) is 18.4. The number of anilines is 1. The predicted octanol–water partition coefficient (Wildman–Crippen LogP) is 3.21. The fraction of sp³-hybridized carbons (Fsp3) is 0.278. The van der Waals surface area contributed by atoms with Crippen molar-refractivity contribution in [2.45, 2.75) is 19.4 Å². The van der Waals surface area contributed by atoms with E-state index in [2.05, 4.69) is 10.3 Å². The third-order valence-corrected chi connectivity index (χ3v) is 3.50. The summed E-state index contributed by atoms with van der Waals surface area (Å²) in [5, 5.41) is 2.28. The number of nitrogens with one attached hydrogen (secondary N) is 1. The third kappa shape index (κ3) is 6.58. The molecule has 0 unspecified atom stereocenters. The van der Waals surface area contributed by atoms with Gasteiger partial charge in [0.1, 0.15) is 18.2 Å². The predicted molar refractivity (Wildman–Crippen MR) is 91.3 cm³/mol. The lowest BCUT2D eigenvalue weighted by atomic mass is 10.2. The largest absolute Gasteiger partial charge is 0.445 e. The van der Waals surface area contributed by atoms with Crippen LogP contribution in [-0.4, -0.2) is 35.5 Å². The first-order valence-electron chi connectivity index (χ1n) is 7.96. The van der Waals surface area contributed by atoms with Crippen LogP contribution in [0.25, 0.3) is 0 Å². The maximum Gasteiger partial charge on any atom is 0.410 e. The van der Waals surface area contributed by atoms with E-state index in [-0.39, 0.29) is 6.09 Å². The lowest BCUT2D eigenvalue weighted by Gasteiger charge is -2.14. The summed E-state index contributed by atoms with van der Waals surface area (Å²) in [5.74, 6) is -0.0761. The number of ether oxygens (including phenoxy) is 1. The van der Waals surface area contributed by atoms with Gasteiger partial charge >= 0.3 is 6.09 Å². The molecule has 1 aromatic heterocycles. The Labute approximate surface area is 145 Å². The molecule has 2 aromatic rings. The van der Waals surface area contributed by atoms with Crippen molar-refractivity contribution >= 4 is 18.3 Å². The van der Waals surface area contributed by atoms with Gasteiger partial charge in [-0.1, -0.05) is 30.3 Å². The van der Waals surface area contributed by atoms with Crippen LogP contribution in [0.15, 0.2) is 48.7 Å². The zero-order valence-electron chi connectivity index (χ0n) is 13.7. The number of rotatable bonds is 4. The van der Waals surface area contributed by atoms with Gasteiger partial charge in [0, 0.05) is 13.1 Å². The molecule has 132 valence electrons. The van der Waals surface area contributed by atoms with Gasteiger partial charge in [0.25, 0.3) is 0 Å². The van der Waals surface area contributed by atoms with Crippen molar-refractivity contribution in [3.8, 4) is 0 Å². The summed E-state index contributed by atoms with van der Waals surface area (Å²) >= 11 is 0. The number of carbonyl (C=O) groups is 2. The fourth-order valence-corrected chi connectivity index (χ4v) is 2.23. The molecule has 0 saturated carbocycles. The molecular weight excluding hydrogens is 325 g/mol. The van der Waals surface area contributed by atoms with E-state index in [1.54, 1.807) is 4.90 Å². The molecule has 1 fully saturated rings. The van der Waals surface area contributed by atoms with Gasteiger partial charge in [-0.05, 0) is 30.5 Å². The van der Waals surface area contributed by atoms with Crippen molar-refractivity contribution in [1.29, 1.82) is 0 Å². The number of benzene rings is 1. The highest BCUT2D eigenvalue weighted by atomic mass is 19.1. The Morgan fingerprint density at radius 1 is 1.20 bits per heavy atom. The second kappa shape index (κ2) is 10.0. The summed E-state index contributed by atoms with van der Waals surface area (Å²) in [4.78, 5) is 26.7. The van der Waals surface area contributed by atoms with Crippen LogP contribution in [0.3, 0.4) is 0 Å². The molecule has 1 aliphatic heterocycles. The van der Waals surface area contributed by atoms with E-state index in [1.807, 2.05) is 30.3 Å². The SMILES string of the molecule is O=C(OCc1ccccc1)N1CCCC1.O=CNc1ccc(F)cn1. The van der Waals surface area contributed by atoms with Crippen molar-refractivity contribution < 1.29 is 18.7 Å². The molecule has 6 nitrogen and oxygen atoms in total. The Hall–Kier alpha value is -2.96. The van der Waals surface area contributed by atoms with E-state index in [1.165, 1.54) is 12.1 Å². The van der Waals surface area contributed by atoms with Crippen LogP contribution in [0.5, 0.6) is 0 Å². The number of amides is 2. The number of aromatic nitrogens is 1. The van der Waals surface area contributed by atoms with Crippen LogP contribution in [0.2, 0.25) is 0 Å². The fourth-order valence-electron chi connectivity index (χ4n) is 2.23. The normalized spacial score (nSPS) is 12.8. The van der Waals surface area contributed by atoms with Gasteiger partial charge in [-0.2, -0.15) is 0 Å². The third-order valence-electron chi connectivity index (χ3n) is 3.50. The molecule has 0 radical (unpaired) electrons. The molecule has 25 heavy (non-hydrogen) atoms. The summed E-state index contributed by atoms with van der Waals surface area (Å²) in [6, 6.07) is 12.3. The first-order chi connectivity index (χ1) is 12.2. The zero-order valence-corrected chi connectivity index (χ0v) is 13.7. The number of hydrogen-bond acceptors (Lipinski definition) is 4. The molecule has 1 aromatic carbocycles. The average molecular weight is 345 g/mol. The molecule has 0 aliphatic carbocycles. The second-order valence-corrected chi connectivity index (χ2v) is 5.36. The van der Waals surface area contributed by atoms with E-state index in [0.717, 1.165) is 37.7 Å². The Morgan fingerprint density at radius 3 is 2.52 bits per heavy atom. The molecule has 2 amide bonds. The highest BCUT2D eigenvalue weighted by molar-refractivity contribution is 5.68. The number of nitrogens with zero attached hydrogens (tertiary/aromatic N) is 2. The van der Waals surface area contributed by atoms with E-state index < -0.39 is 5.82 Å². The number of likely N-dealkylation sites (tertiary alicyclic amines) is 1. The molecule has 0 spiro atoms. The number of halogens is 1. The molecule has 2 heterocycles. The minimum atomic E-state index is -0.420. The van der Waals surface area contributed by atoms with Crippen LogP contribution in [-0.2, 0) is 16.1 Å². The summed E-state index contributed by atoms with van der Waals surface area (Å²) in [6.45, 7) is 2.05. The van der Waals surface area contributed by atoms with Crippen molar-refractivity contribution in [3.05, 3.63) is 60.0 Å². The smallest absolute Gasteiger partial charge is 0.410 e. The Bertz CT molecular complexity index is 659. The van der Waals surface area contributed by atoms with E-state index >= 15 is 0 Å². The van der Waals surface area contributed by atoms with Gasteiger partial charge in [0.15, 0.2) is 0 Å². The van der Waals surface area contributed by atoms with Crippen molar-refractivity contribution in [2.75, 3.05) is 18.4 Å². The van der Waals surface area contributed by atoms with Crippen molar-refractivity contribution in [2.24, 2.45) is 0 Å². The lowest BCUT2D eigenvalue weighted by Crippen LogP contribution is -2.28. The molecular formula is C18H20FN3O3. The van der Waals surface area contributed by atoms with Crippen LogP contribution in [0.4, 0.5) is 15.0 Å². The van der Waals surface area contributed by atoms with E-state index in [0.29, 0.717) is 18.8 Å². The van der Waals surface area contributed by atoms with E-state index in [9.17, 15) is 14.0 Å². The molecule has 3 rings (SSSR count). The zero-order chi connectivity index (χ0) is 17.9. The summed E-state index contributed by atoms with van der Waals surface area (Å²) in [5.41, 5.74) is 1.03. The van der Waals surface area contributed by atoms with Gasteiger partial charge in [-0.25, -0.2) is 14.2 Å². The number of pyridine rings is 1. The lowest BCUT2D eigenvalue weighted by molar-refractivity contribution is -0.105. The number of carbonyl (C=O) groups excluding carboxylic acids is 2. The van der Waals surface area contributed by atoms with Crippen LogP contribution < -0.4 is 5.32 Å². The highest BCUT2D eigenvalue weighted by Gasteiger charge is 2.18. The van der Waals surface area contributed by atoms with Gasteiger partial charge in [-0.3, -0.25) is 4.79 Å². The van der Waals surface area contributed by atoms with Crippen LogP contribution in [0.1, 0.15) is 18.4 Å². The maximum atomic E-state index is 12.1. The van der Waals surface area contributed by atoms with Gasteiger partial charge in [-0.15, -0.1) is 0 Å². The summed E-state index contributed by atoms with van der Waals surface area (Å²) < 4.78 is 17.3. The van der Waals surface area contributed by atoms with Crippen molar-refractivity contribution in [1.82, 2.24) is 9.88 Å². The summed E-state index contributed by atoms with van der Waals surface area (Å²) in [7, 11) is 0. The Kier molecular flexibility index (Phi) is 7.37. The minimum absolute atomic E-state index is 0.184. The monoisotopic (exact) mass is 345 g/mol. The standard InChI is InChI=1S/C12H15NO2.C6H5FN2O/c14-12(13-8-4-5-9-13)15-10-11-6-2-1-3-7-11;7-5-1-2-6(8-3-5)9-4-10/h1-3,6-7H,4-5,8-10H2;1-4H,(H,8,9,10).